The summed E-state index contributed by atoms with van der Waals surface area (Å²) in [6.45, 7) is 6.33. The summed E-state index contributed by atoms with van der Waals surface area (Å²) in [7, 11) is 0. The molecule has 0 atom stereocenters. The highest BCUT2D eigenvalue weighted by atomic mass is 15.0. The smallest absolute Gasteiger partial charge is 0.163 e. The number of hydrogen-bond donors (Lipinski definition) is 0. The van der Waals surface area contributed by atoms with Gasteiger partial charge >= 0.3 is 0 Å². The molecule has 0 spiro atoms. The summed E-state index contributed by atoms with van der Waals surface area (Å²) < 4.78 is 2.40. The molecule has 0 saturated heterocycles. The summed E-state index contributed by atoms with van der Waals surface area (Å²) >= 11 is 0. The lowest BCUT2D eigenvalue weighted by Gasteiger charge is -2.14. The third kappa shape index (κ3) is 5.57. The Morgan fingerprint density at radius 1 is 0.435 bits per heavy atom. The van der Waals surface area contributed by atoms with Crippen molar-refractivity contribution in [2.24, 2.45) is 0 Å². The standard InChI is InChI=1S/C26H21N.C16H13N3/c1-18-10-6-7-13-21(18)22-16-17-24-23-14-8-9-15-25(23)27(26(24)19(22)2)20-11-4-3-5-12-20;1-12-17-15(13-8-4-2-5-9-13)19-16(18-12)14-10-6-3-7-11-14/h3-17H,1-2H3;2-11H,1H3. The monoisotopic (exact) mass is 594 g/mol. The molecule has 0 N–H and O–H groups in total. The molecule has 2 heterocycles. The molecule has 0 unspecified atom stereocenters. The molecule has 0 bridgehead atoms. The summed E-state index contributed by atoms with van der Waals surface area (Å²) in [4.78, 5) is 13.4. The van der Waals surface area contributed by atoms with E-state index >= 15 is 0 Å². The van der Waals surface area contributed by atoms with E-state index in [2.05, 4.69) is 124 Å². The van der Waals surface area contributed by atoms with Gasteiger partial charge in [0.15, 0.2) is 11.6 Å². The molecule has 46 heavy (non-hydrogen) atoms. The zero-order valence-electron chi connectivity index (χ0n) is 26.2. The first-order valence-electron chi connectivity index (χ1n) is 15.6. The Labute approximate surface area is 269 Å². The van der Waals surface area contributed by atoms with Crippen LogP contribution < -0.4 is 0 Å². The van der Waals surface area contributed by atoms with Crippen LogP contribution in [0.25, 0.3) is 61.4 Å². The maximum atomic E-state index is 4.55. The lowest BCUT2D eigenvalue weighted by molar-refractivity contribution is 0.992. The van der Waals surface area contributed by atoms with Crippen LogP contribution in [-0.4, -0.2) is 19.5 Å². The van der Waals surface area contributed by atoms with Crippen molar-refractivity contribution in [3.8, 4) is 39.6 Å². The number of para-hydroxylation sites is 2. The van der Waals surface area contributed by atoms with Crippen LogP contribution in [0.3, 0.4) is 0 Å². The Kier molecular flexibility index (Phi) is 7.92. The topological polar surface area (TPSA) is 43.6 Å². The van der Waals surface area contributed by atoms with Crippen molar-refractivity contribution in [3.05, 3.63) is 169 Å². The van der Waals surface area contributed by atoms with Crippen LogP contribution in [0.2, 0.25) is 0 Å². The van der Waals surface area contributed by atoms with Crippen molar-refractivity contribution in [2.75, 3.05) is 0 Å². The molecule has 0 radical (unpaired) electrons. The van der Waals surface area contributed by atoms with Crippen LogP contribution in [0.4, 0.5) is 0 Å². The Balaban J connectivity index is 0.000000157. The van der Waals surface area contributed by atoms with Crippen LogP contribution in [0.1, 0.15) is 17.0 Å². The average molecular weight is 595 g/mol. The fraction of sp³-hybridized carbons (Fsp3) is 0.0714. The van der Waals surface area contributed by atoms with Crippen LogP contribution in [0.15, 0.2) is 152 Å². The SMILES string of the molecule is Cc1ccccc1-c1ccc2c3ccccc3n(-c3ccccc3)c2c1C.Cc1nc(-c2ccccc2)nc(-c2ccccc2)n1. The third-order valence-corrected chi connectivity index (χ3v) is 8.35. The summed E-state index contributed by atoms with van der Waals surface area (Å²) in [6.07, 6.45) is 0. The van der Waals surface area contributed by atoms with E-state index in [9.17, 15) is 0 Å². The third-order valence-electron chi connectivity index (χ3n) is 8.35. The van der Waals surface area contributed by atoms with Crippen molar-refractivity contribution < 1.29 is 0 Å². The van der Waals surface area contributed by atoms with E-state index < -0.39 is 0 Å². The largest absolute Gasteiger partial charge is 0.309 e. The number of hydrogen-bond acceptors (Lipinski definition) is 3. The maximum Gasteiger partial charge on any atom is 0.163 e. The van der Waals surface area contributed by atoms with Crippen molar-refractivity contribution >= 4 is 21.8 Å². The minimum Gasteiger partial charge on any atom is -0.309 e. The highest BCUT2D eigenvalue weighted by Gasteiger charge is 2.17. The van der Waals surface area contributed by atoms with Crippen LogP contribution in [0, 0.1) is 20.8 Å². The number of fused-ring (bicyclic) bond motifs is 3. The van der Waals surface area contributed by atoms with Crippen molar-refractivity contribution in [3.63, 3.8) is 0 Å². The molecule has 2 aromatic heterocycles. The highest BCUT2D eigenvalue weighted by Crippen LogP contribution is 2.38. The summed E-state index contributed by atoms with van der Waals surface area (Å²) in [5, 5.41) is 2.61. The highest BCUT2D eigenvalue weighted by molar-refractivity contribution is 6.11. The van der Waals surface area contributed by atoms with Crippen LogP contribution in [-0.2, 0) is 0 Å². The number of nitrogens with zero attached hydrogens (tertiary/aromatic N) is 4. The Hall–Kier alpha value is -5.87. The molecule has 0 aliphatic carbocycles. The second-order valence-electron chi connectivity index (χ2n) is 11.4. The first-order chi connectivity index (χ1) is 22.6. The van der Waals surface area contributed by atoms with Gasteiger partial charge in [0.05, 0.1) is 11.0 Å². The summed E-state index contributed by atoms with van der Waals surface area (Å²) in [5.74, 6) is 2.16. The van der Waals surface area contributed by atoms with Crippen LogP contribution >= 0.6 is 0 Å². The van der Waals surface area contributed by atoms with Gasteiger partial charge < -0.3 is 4.57 Å². The molecule has 8 aromatic rings. The zero-order valence-corrected chi connectivity index (χ0v) is 26.2. The molecule has 0 fully saturated rings. The van der Waals surface area contributed by atoms with Gasteiger partial charge in [-0.15, -0.1) is 0 Å². The van der Waals surface area contributed by atoms with Crippen molar-refractivity contribution in [2.45, 2.75) is 20.8 Å². The van der Waals surface area contributed by atoms with Gasteiger partial charge in [-0.25, -0.2) is 15.0 Å². The first-order valence-corrected chi connectivity index (χ1v) is 15.6. The second-order valence-corrected chi connectivity index (χ2v) is 11.4. The zero-order chi connectivity index (χ0) is 31.5. The number of rotatable bonds is 4. The molecule has 0 aliphatic rings. The molecule has 0 aliphatic heterocycles. The maximum absolute atomic E-state index is 4.55. The first kappa shape index (κ1) is 28.9. The molecule has 6 aromatic carbocycles. The normalized spacial score (nSPS) is 10.9. The lowest BCUT2D eigenvalue weighted by Crippen LogP contribution is -1.99. The number of aryl methyl sites for hydroxylation is 3. The van der Waals surface area contributed by atoms with Gasteiger partial charge in [-0.05, 0) is 61.2 Å². The predicted octanol–water partition coefficient (Wildman–Crippen LogP) is 10.6. The van der Waals surface area contributed by atoms with Crippen molar-refractivity contribution in [1.82, 2.24) is 19.5 Å². The van der Waals surface area contributed by atoms with E-state index in [1.807, 2.05) is 67.6 Å². The lowest BCUT2D eigenvalue weighted by atomic mass is 9.95. The Morgan fingerprint density at radius 3 is 1.61 bits per heavy atom. The summed E-state index contributed by atoms with van der Waals surface area (Å²) in [5.41, 5.74) is 11.0. The average Bonchev–Trinajstić information content (AvgIpc) is 3.45. The van der Waals surface area contributed by atoms with Crippen LogP contribution in [0.5, 0.6) is 0 Å². The van der Waals surface area contributed by atoms with E-state index in [1.165, 1.54) is 49.7 Å². The van der Waals surface area contributed by atoms with Gasteiger partial charge in [0, 0.05) is 27.6 Å². The van der Waals surface area contributed by atoms with E-state index in [0.29, 0.717) is 11.6 Å². The molecule has 0 saturated carbocycles. The molecule has 0 amide bonds. The minimum absolute atomic E-state index is 0.715. The van der Waals surface area contributed by atoms with E-state index in [0.717, 1.165) is 17.0 Å². The fourth-order valence-corrected chi connectivity index (χ4v) is 6.15. The Morgan fingerprint density at radius 2 is 0.978 bits per heavy atom. The molecular weight excluding hydrogens is 560 g/mol. The molecule has 8 rings (SSSR count). The molecule has 4 heteroatoms. The Bertz CT molecular complexity index is 2210. The molecule has 222 valence electrons. The summed E-state index contributed by atoms with van der Waals surface area (Å²) in [6, 6.07) is 52.5. The van der Waals surface area contributed by atoms with Gasteiger partial charge in [-0.2, -0.15) is 0 Å². The van der Waals surface area contributed by atoms with Crippen molar-refractivity contribution in [1.29, 1.82) is 0 Å². The van der Waals surface area contributed by atoms with E-state index in [1.54, 1.807) is 0 Å². The van der Waals surface area contributed by atoms with E-state index in [-0.39, 0.29) is 0 Å². The quantitative estimate of drug-likeness (QED) is 0.204. The second kappa shape index (κ2) is 12.6. The van der Waals surface area contributed by atoms with Gasteiger partial charge in [0.25, 0.3) is 0 Å². The molecule has 4 nitrogen and oxygen atoms in total. The fourth-order valence-electron chi connectivity index (χ4n) is 6.15. The number of benzene rings is 6. The minimum atomic E-state index is 0.715. The number of aromatic nitrogens is 4. The van der Waals surface area contributed by atoms with Gasteiger partial charge in [0.1, 0.15) is 5.82 Å². The van der Waals surface area contributed by atoms with Gasteiger partial charge in [-0.1, -0.05) is 133 Å². The van der Waals surface area contributed by atoms with Gasteiger partial charge in [0.2, 0.25) is 0 Å². The van der Waals surface area contributed by atoms with Gasteiger partial charge in [-0.3, -0.25) is 0 Å². The molecular formula is C42H34N4. The predicted molar refractivity (Wildman–Crippen MR) is 191 cm³/mol. The van der Waals surface area contributed by atoms with E-state index in [4.69, 9.17) is 0 Å².